The van der Waals surface area contributed by atoms with E-state index in [9.17, 15) is 5.11 Å². The number of benzene rings is 1. The summed E-state index contributed by atoms with van der Waals surface area (Å²) in [7, 11) is 0. The first-order valence-electron chi connectivity index (χ1n) is 6.72. The summed E-state index contributed by atoms with van der Waals surface area (Å²) < 4.78 is 0. The van der Waals surface area contributed by atoms with Gasteiger partial charge in [-0.2, -0.15) is 0 Å². The molecule has 2 aromatic rings. The average Bonchev–Trinajstić information content (AvgIpc) is 2.42. The molecule has 0 bridgehead atoms. The van der Waals surface area contributed by atoms with E-state index < -0.39 is 0 Å². The maximum atomic E-state index is 9.26. The zero-order chi connectivity index (χ0) is 14.5. The quantitative estimate of drug-likeness (QED) is 0.812. The zero-order valence-corrected chi connectivity index (χ0v) is 12.5. The third kappa shape index (κ3) is 3.87. The number of pyridine rings is 1. The number of phenolic OH excluding ortho intramolecular Hbond substituents is 1. The van der Waals surface area contributed by atoms with E-state index in [-0.39, 0.29) is 0 Å². The molecule has 1 heterocycles. The van der Waals surface area contributed by atoms with E-state index in [0.29, 0.717) is 16.9 Å². The minimum absolute atomic E-state index is 0.296. The second kappa shape index (κ2) is 6.62. The molecule has 0 spiro atoms. The summed E-state index contributed by atoms with van der Waals surface area (Å²) in [6, 6.07) is 9.57. The largest absolute Gasteiger partial charge is 0.508 e. The van der Waals surface area contributed by atoms with Crippen LogP contribution in [0.4, 0.5) is 5.69 Å². The summed E-state index contributed by atoms with van der Waals surface area (Å²) in [5.41, 5.74) is 3.22. The molecule has 1 aromatic heterocycles. The van der Waals surface area contributed by atoms with E-state index in [1.54, 1.807) is 18.3 Å². The van der Waals surface area contributed by atoms with Crippen LogP contribution in [0.25, 0.3) is 0 Å². The molecule has 2 rings (SSSR count). The second-order valence-corrected chi connectivity index (χ2v) is 5.40. The van der Waals surface area contributed by atoms with Gasteiger partial charge in [-0.3, -0.25) is 0 Å². The number of halogens is 1. The molecule has 2 N–H and O–H groups in total. The number of hydrogen-bond acceptors (Lipinski definition) is 3. The second-order valence-electron chi connectivity index (χ2n) is 5.04. The number of aromatic nitrogens is 1. The molecule has 0 saturated carbocycles. The molecule has 1 aromatic carbocycles. The molecule has 0 aliphatic rings. The Labute approximate surface area is 124 Å². The van der Waals surface area contributed by atoms with Gasteiger partial charge in [0, 0.05) is 12.2 Å². The van der Waals surface area contributed by atoms with E-state index in [2.05, 4.69) is 17.2 Å². The van der Waals surface area contributed by atoms with Crippen LogP contribution in [-0.4, -0.2) is 16.1 Å². The highest BCUT2D eigenvalue weighted by atomic mass is 35.5. The van der Waals surface area contributed by atoms with Crippen LogP contribution in [0.2, 0.25) is 5.15 Å². The van der Waals surface area contributed by atoms with E-state index in [1.165, 1.54) is 5.56 Å². The number of aromatic hydroxyl groups is 1. The SMILES string of the molecule is Cc1ccnc(Cl)c1NC(C)CCc1ccc(O)cc1. The first kappa shape index (κ1) is 14.7. The summed E-state index contributed by atoms with van der Waals surface area (Å²) in [5.74, 6) is 0.303. The molecule has 0 saturated heterocycles. The molecule has 0 aliphatic carbocycles. The lowest BCUT2D eigenvalue weighted by Crippen LogP contribution is -2.17. The van der Waals surface area contributed by atoms with Crippen LogP contribution in [-0.2, 0) is 6.42 Å². The predicted molar refractivity (Wildman–Crippen MR) is 83.5 cm³/mol. The van der Waals surface area contributed by atoms with Crippen molar-refractivity contribution in [1.29, 1.82) is 0 Å². The molecular formula is C16H19ClN2O. The minimum Gasteiger partial charge on any atom is -0.508 e. The van der Waals surface area contributed by atoms with Crippen LogP contribution in [0.15, 0.2) is 36.5 Å². The van der Waals surface area contributed by atoms with Gasteiger partial charge in [-0.05, 0) is 56.0 Å². The van der Waals surface area contributed by atoms with Crippen LogP contribution in [0.5, 0.6) is 5.75 Å². The van der Waals surface area contributed by atoms with E-state index >= 15 is 0 Å². The van der Waals surface area contributed by atoms with Gasteiger partial charge in [0.15, 0.2) is 5.15 Å². The first-order valence-corrected chi connectivity index (χ1v) is 7.09. The van der Waals surface area contributed by atoms with Gasteiger partial charge >= 0.3 is 0 Å². The molecule has 3 nitrogen and oxygen atoms in total. The molecule has 20 heavy (non-hydrogen) atoms. The number of rotatable bonds is 5. The summed E-state index contributed by atoms with van der Waals surface area (Å²) in [5, 5.41) is 13.2. The normalized spacial score (nSPS) is 12.2. The summed E-state index contributed by atoms with van der Waals surface area (Å²) in [6.07, 6.45) is 3.64. The Hall–Kier alpha value is -1.74. The standard InChI is InChI=1S/C16H19ClN2O/c1-11-9-10-18-16(17)15(11)19-12(2)3-4-13-5-7-14(20)8-6-13/h5-10,12,19-20H,3-4H2,1-2H3. The van der Waals surface area contributed by atoms with E-state index in [0.717, 1.165) is 24.1 Å². The Morgan fingerprint density at radius 3 is 2.60 bits per heavy atom. The number of phenols is 1. The molecule has 1 atom stereocenters. The van der Waals surface area contributed by atoms with Crippen molar-refractivity contribution in [2.75, 3.05) is 5.32 Å². The number of aryl methyl sites for hydroxylation is 2. The van der Waals surface area contributed by atoms with Crippen LogP contribution < -0.4 is 5.32 Å². The van der Waals surface area contributed by atoms with Crippen LogP contribution in [0.1, 0.15) is 24.5 Å². The fourth-order valence-corrected chi connectivity index (χ4v) is 2.32. The van der Waals surface area contributed by atoms with Crippen molar-refractivity contribution < 1.29 is 5.11 Å². The van der Waals surface area contributed by atoms with Crippen molar-refractivity contribution >= 4 is 17.3 Å². The lowest BCUT2D eigenvalue weighted by molar-refractivity contribution is 0.475. The average molecular weight is 291 g/mol. The molecule has 1 unspecified atom stereocenters. The Morgan fingerprint density at radius 1 is 1.25 bits per heavy atom. The monoisotopic (exact) mass is 290 g/mol. The van der Waals surface area contributed by atoms with Gasteiger partial charge in [0.1, 0.15) is 5.75 Å². The van der Waals surface area contributed by atoms with Crippen molar-refractivity contribution in [2.45, 2.75) is 32.7 Å². The van der Waals surface area contributed by atoms with E-state index in [1.807, 2.05) is 25.1 Å². The summed E-state index contributed by atoms with van der Waals surface area (Å²) in [6.45, 7) is 4.14. The zero-order valence-electron chi connectivity index (χ0n) is 11.7. The van der Waals surface area contributed by atoms with Crippen LogP contribution in [0, 0.1) is 6.92 Å². The molecule has 0 fully saturated rings. The predicted octanol–water partition coefficient (Wildman–Crippen LogP) is 4.18. The maximum absolute atomic E-state index is 9.26. The molecule has 106 valence electrons. The van der Waals surface area contributed by atoms with Gasteiger partial charge in [-0.15, -0.1) is 0 Å². The highest BCUT2D eigenvalue weighted by Crippen LogP contribution is 2.24. The molecule has 0 aliphatic heterocycles. The third-order valence-corrected chi connectivity index (χ3v) is 3.59. The van der Waals surface area contributed by atoms with Gasteiger partial charge in [0.2, 0.25) is 0 Å². The molecular weight excluding hydrogens is 272 g/mol. The first-order chi connectivity index (χ1) is 9.56. The van der Waals surface area contributed by atoms with Gasteiger partial charge in [0.25, 0.3) is 0 Å². The fraction of sp³-hybridized carbons (Fsp3) is 0.312. The van der Waals surface area contributed by atoms with Crippen molar-refractivity contribution in [3.05, 3.63) is 52.8 Å². The Bertz CT molecular complexity index is 549. The Balaban J connectivity index is 1.92. The van der Waals surface area contributed by atoms with Crippen molar-refractivity contribution in [2.24, 2.45) is 0 Å². The lowest BCUT2D eigenvalue weighted by atomic mass is 10.1. The summed E-state index contributed by atoms with van der Waals surface area (Å²) in [4.78, 5) is 4.10. The lowest BCUT2D eigenvalue weighted by Gasteiger charge is -2.17. The number of nitrogens with one attached hydrogen (secondary N) is 1. The van der Waals surface area contributed by atoms with Crippen LogP contribution in [0.3, 0.4) is 0 Å². The number of nitrogens with zero attached hydrogens (tertiary/aromatic N) is 1. The van der Waals surface area contributed by atoms with Gasteiger partial charge in [-0.1, -0.05) is 23.7 Å². The summed E-state index contributed by atoms with van der Waals surface area (Å²) >= 11 is 6.11. The Morgan fingerprint density at radius 2 is 1.95 bits per heavy atom. The number of hydrogen-bond donors (Lipinski definition) is 2. The van der Waals surface area contributed by atoms with Crippen molar-refractivity contribution in [1.82, 2.24) is 4.98 Å². The fourth-order valence-electron chi connectivity index (χ4n) is 2.06. The van der Waals surface area contributed by atoms with Gasteiger partial charge in [0.05, 0.1) is 5.69 Å². The minimum atomic E-state index is 0.296. The third-order valence-electron chi connectivity index (χ3n) is 3.31. The Kier molecular flexibility index (Phi) is 4.85. The van der Waals surface area contributed by atoms with Crippen LogP contribution >= 0.6 is 11.6 Å². The van der Waals surface area contributed by atoms with Gasteiger partial charge < -0.3 is 10.4 Å². The molecule has 0 radical (unpaired) electrons. The topological polar surface area (TPSA) is 45.2 Å². The smallest absolute Gasteiger partial charge is 0.152 e. The van der Waals surface area contributed by atoms with Crippen molar-refractivity contribution in [3.63, 3.8) is 0 Å². The van der Waals surface area contributed by atoms with E-state index in [4.69, 9.17) is 11.6 Å². The molecule has 0 amide bonds. The highest BCUT2D eigenvalue weighted by Gasteiger charge is 2.09. The van der Waals surface area contributed by atoms with Gasteiger partial charge in [-0.25, -0.2) is 4.98 Å². The highest BCUT2D eigenvalue weighted by molar-refractivity contribution is 6.32. The molecule has 4 heteroatoms. The number of anilines is 1. The maximum Gasteiger partial charge on any atom is 0.152 e. The van der Waals surface area contributed by atoms with Crippen molar-refractivity contribution in [3.8, 4) is 5.75 Å².